The van der Waals surface area contributed by atoms with E-state index in [0.29, 0.717) is 49.5 Å². The summed E-state index contributed by atoms with van der Waals surface area (Å²) in [6, 6.07) is 17.7. The molecule has 5 rings (SSSR count). The van der Waals surface area contributed by atoms with Crippen molar-refractivity contribution >= 4 is 51.4 Å². The number of rotatable bonds is 6. The molecule has 0 aliphatic carbocycles. The molecular weight excluding hydrogens is 518 g/mol. The lowest BCUT2D eigenvalue weighted by molar-refractivity contribution is -0.384. The Bertz CT molecular complexity index is 1540. The van der Waals surface area contributed by atoms with Crippen LogP contribution in [0.5, 0.6) is 0 Å². The number of carbonyl (C=O) groups excluding carboxylic acids is 1. The molecule has 0 atom stereocenters. The van der Waals surface area contributed by atoms with Crippen LogP contribution < -0.4 is 15.5 Å². The number of morpholine rings is 1. The molecule has 0 radical (unpaired) electrons. The van der Waals surface area contributed by atoms with Gasteiger partial charge in [0.2, 0.25) is 5.89 Å². The van der Waals surface area contributed by atoms with Crippen LogP contribution in [0.2, 0.25) is 0 Å². The zero-order chi connectivity index (χ0) is 27.5. The molecule has 1 aromatic heterocycles. The van der Waals surface area contributed by atoms with Gasteiger partial charge in [0.1, 0.15) is 11.2 Å². The van der Waals surface area contributed by atoms with Crippen molar-refractivity contribution in [2.24, 2.45) is 0 Å². The Labute approximate surface area is 230 Å². The van der Waals surface area contributed by atoms with Crippen molar-refractivity contribution in [3.63, 3.8) is 0 Å². The van der Waals surface area contributed by atoms with Crippen LogP contribution in [-0.2, 0) is 4.74 Å². The van der Waals surface area contributed by atoms with Gasteiger partial charge in [-0.25, -0.2) is 4.98 Å². The molecule has 1 fully saturated rings. The number of nitrogens with zero attached hydrogens (tertiary/aromatic N) is 3. The van der Waals surface area contributed by atoms with E-state index in [1.807, 2.05) is 35.2 Å². The zero-order valence-electron chi connectivity index (χ0n) is 21.5. The minimum atomic E-state index is -0.548. The Morgan fingerprint density at radius 1 is 1.08 bits per heavy atom. The van der Waals surface area contributed by atoms with Gasteiger partial charge in [-0.05, 0) is 72.2 Å². The van der Waals surface area contributed by atoms with E-state index in [1.54, 1.807) is 24.3 Å². The summed E-state index contributed by atoms with van der Waals surface area (Å²) in [4.78, 5) is 30.5. The molecule has 10 nitrogen and oxygen atoms in total. The van der Waals surface area contributed by atoms with Crippen molar-refractivity contribution in [2.75, 3.05) is 36.5 Å². The molecule has 200 valence electrons. The lowest BCUT2D eigenvalue weighted by Gasteiger charge is -2.28. The second-order valence-corrected chi connectivity index (χ2v) is 9.85. The standard InChI is InChI=1S/C28H27N5O5S/c1-17(2)19-6-10-25-22(15-19)30-27(38-25)18-3-7-21(8-4-18)29-28(39)31-26(34)20-5-9-23(24(16-20)33(35)36)32-11-13-37-14-12-32/h3-10,15-17H,11-14H2,1-2H3,(H2,29,31,34,39). The van der Waals surface area contributed by atoms with Gasteiger partial charge >= 0.3 is 0 Å². The first-order chi connectivity index (χ1) is 18.8. The first kappa shape index (κ1) is 26.3. The van der Waals surface area contributed by atoms with E-state index in [2.05, 4.69) is 29.5 Å². The Kier molecular flexibility index (Phi) is 7.53. The third-order valence-corrected chi connectivity index (χ3v) is 6.69. The molecule has 0 saturated carbocycles. The van der Waals surface area contributed by atoms with Crippen LogP contribution in [0.3, 0.4) is 0 Å². The van der Waals surface area contributed by atoms with Crippen molar-refractivity contribution < 1.29 is 18.9 Å². The Hall–Kier alpha value is -4.35. The molecule has 3 aromatic carbocycles. The lowest BCUT2D eigenvalue weighted by Crippen LogP contribution is -2.37. The average Bonchev–Trinajstić information content (AvgIpc) is 3.37. The number of aromatic nitrogens is 1. The summed E-state index contributed by atoms with van der Waals surface area (Å²) in [6.45, 7) is 6.34. The van der Waals surface area contributed by atoms with E-state index >= 15 is 0 Å². The van der Waals surface area contributed by atoms with Gasteiger partial charge in [0.15, 0.2) is 10.7 Å². The molecular formula is C28H27N5O5S. The van der Waals surface area contributed by atoms with Gasteiger partial charge in [0.05, 0.1) is 18.1 Å². The number of hydrogen-bond donors (Lipinski definition) is 2. The monoisotopic (exact) mass is 545 g/mol. The van der Waals surface area contributed by atoms with E-state index in [0.717, 1.165) is 16.7 Å². The number of hydrogen-bond acceptors (Lipinski definition) is 8. The molecule has 4 aromatic rings. The van der Waals surface area contributed by atoms with Gasteiger partial charge in [-0.1, -0.05) is 19.9 Å². The van der Waals surface area contributed by atoms with Crippen LogP contribution in [0.4, 0.5) is 17.1 Å². The summed E-state index contributed by atoms with van der Waals surface area (Å²) in [5.41, 5.74) is 4.62. The SMILES string of the molecule is CC(C)c1ccc2oc(-c3ccc(NC(=S)NC(=O)c4ccc(N5CCOCC5)c([N+](=O)[O-])c4)cc3)nc2c1. The average molecular weight is 546 g/mol. The second kappa shape index (κ2) is 11.2. The fourth-order valence-electron chi connectivity index (χ4n) is 4.34. The fourth-order valence-corrected chi connectivity index (χ4v) is 4.55. The van der Waals surface area contributed by atoms with Crippen LogP contribution in [0.15, 0.2) is 65.1 Å². The number of oxazole rings is 1. The number of fused-ring (bicyclic) bond motifs is 1. The lowest BCUT2D eigenvalue weighted by atomic mass is 10.0. The maximum atomic E-state index is 12.8. The number of thiocarbonyl (C=S) groups is 1. The summed E-state index contributed by atoms with van der Waals surface area (Å²) in [5.74, 6) is 0.359. The van der Waals surface area contributed by atoms with Crippen LogP contribution >= 0.6 is 12.2 Å². The highest BCUT2D eigenvalue weighted by Crippen LogP contribution is 2.30. The van der Waals surface area contributed by atoms with E-state index in [-0.39, 0.29) is 16.4 Å². The number of nitro benzene ring substituents is 1. The van der Waals surface area contributed by atoms with Gasteiger partial charge in [0, 0.05) is 36.0 Å². The first-order valence-electron chi connectivity index (χ1n) is 12.5. The van der Waals surface area contributed by atoms with E-state index in [9.17, 15) is 14.9 Å². The van der Waals surface area contributed by atoms with Gasteiger partial charge < -0.3 is 19.4 Å². The summed E-state index contributed by atoms with van der Waals surface area (Å²) in [6.07, 6.45) is 0. The highest BCUT2D eigenvalue weighted by molar-refractivity contribution is 7.80. The van der Waals surface area contributed by atoms with Crippen LogP contribution in [0.1, 0.15) is 35.7 Å². The molecule has 0 bridgehead atoms. The van der Waals surface area contributed by atoms with Gasteiger partial charge in [-0.15, -0.1) is 0 Å². The summed E-state index contributed by atoms with van der Waals surface area (Å²) >= 11 is 5.30. The maximum Gasteiger partial charge on any atom is 0.293 e. The predicted molar refractivity (Wildman–Crippen MR) is 153 cm³/mol. The molecule has 1 saturated heterocycles. The third-order valence-electron chi connectivity index (χ3n) is 6.48. The van der Waals surface area contributed by atoms with Crippen LogP contribution in [0, 0.1) is 10.1 Å². The summed E-state index contributed by atoms with van der Waals surface area (Å²) in [7, 11) is 0. The Morgan fingerprint density at radius 3 is 2.51 bits per heavy atom. The second-order valence-electron chi connectivity index (χ2n) is 9.45. The smallest absolute Gasteiger partial charge is 0.293 e. The largest absolute Gasteiger partial charge is 0.436 e. The molecule has 0 unspecified atom stereocenters. The highest BCUT2D eigenvalue weighted by atomic mass is 32.1. The number of anilines is 2. The minimum absolute atomic E-state index is 0.0655. The van der Waals surface area contributed by atoms with Crippen molar-refractivity contribution in [3.8, 4) is 11.5 Å². The fraction of sp³-hybridized carbons (Fsp3) is 0.250. The summed E-state index contributed by atoms with van der Waals surface area (Å²) < 4.78 is 11.2. The summed E-state index contributed by atoms with van der Waals surface area (Å²) in [5, 5.41) is 17.3. The molecule has 2 heterocycles. The predicted octanol–water partition coefficient (Wildman–Crippen LogP) is 5.49. The van der Waals surface area contributed by atoms with E-state index < -0.39 is 10.8 Å². The molecule has 11 heteroatoms. The third kappa shape index (κ3) is 5.89. The number of amides is 1. The topological polar surface area (TPSA) is 123 Å². The highest BCUT2D eigenvalue weighted by Gasteiger charge is 2.23. The van der Waals surface area contributed by atoms with Crippen LogP contribution in [0.25, 0.3) is 22.6 Å². The Morgan fingerprint density at radius 2 is 1.82 bits per heavy atom. The van der Waals surface area contributed by atoms with Gasteiger partial charge in [-0.2, -0.15) is 0 Å². The number of benzene rings is 3. The molecule has 0 spiro atoms. The molecule has 1 aliphatic heterocycles. The molecule has 1 aliphatic rings. The van der Waals surface area contributed by atoms with Gasteiger partial charge in [0.25, 0.3) is 11.6 Å². The van der Waals surface area contributed by atoms with Crippen molar-refractivity contribution in [1.82, 2.24) is 10.3 Å². The quantitative estimate of drug-likeness (QED) is 0.184. The minimum Gasteiger partial charge on any atom is -0.436 e. The zero-order valence-corrected chi connectivity index (χ0v) is 22.3. The van der Waals surface area contributed by atoms with Crippen molar-refractivity contribution in [2.45, 2.75) is 19.8 Å². The number of carbonyl (C=O) groups is 1. The van der Waals surface area contributed by atoms with Gasteiger partial charge in [-0.3, -0.25) is 20.2 Å². The Balaban J connectivity index is 1.24. The van der Waals surface area contributed by atoms with E-state index in [1.165, 1.54) is 11.6 Å². The first-order valence-corrected chi connectivity index (χ1v) is 12.9. The normalized spacial score (nSPS) is 13.5. The van der Waals surface area contributed by atoms with E-state index in [4.69, 9.17) is 21.4 Å². The number of nitrogens with one attached hydrogen (secondary N) is 2. The van der Waals surface area contributed by atoms with Crippen molar-refractivity contribution in [3.05, 3.63) is 81.9 Å². The van der Waals surface area contributed by atoms with Crippen LogP contribution in [-0.4, -0.2) is 47.2 Å². The van der Waals surface area contributed by atoms with Crippen molar-refractivity contribution in [1.29, 1.82) is 0 Å². The molecule has 2 N–H and O–H groups in total. The maximum absolute atomic E-state index is 12.8. The molecule has 1 amide bonds. The number of ether oxygens (including phenoxy) is 1. The number of nitro groups is 1. The molecule has 39 heavy (non-hydrogen) atoms.